The molecule has 5 nitrogen and oxygen atoms in total. The minimum Gasteiger partial charge on any atom is -0.494 e. The first kappa shape index (κ1) is 43.5. The minimum absolute atomic E-state index is 0.0191. The zero-order chi connectivity index (χ0) is 40.6. The number of hydrogen-bond acceptors (Lipinski definition) is 5. The number of hydrogen-bond donors (Lipinski definition) is 0. The van der Waals surface area contributed by atoms with E-state index in [-0.39, 0.29) is 23.6 Å². The van der Waals surface area contributed by atoms with E-state index in [1.165, 1.54) is 76.2 Å². The Bertz CT molecular complexity index is 1760. The van der Waals surface area contributed by atoms with Crippen molar-refractivity contribution in [2.24, 2.45) is 17.3 Å². The van der Waals surface area contributed by atoms with Crippen LogP contribution >= 0.6 is 0 Å². The predicted octanol–water partition coefficient (Wildman–Crippen LogP) is 14.3. The molecule has 0 N–H and O–H groups in total. The molecule has 1 unspecified atom stereocenters. The molecule has 58 heavy (non-hydrogen) atoms. The fourth-order valence-electron chi connectivity index (χ4n) is 10.6. The van der Waals surface area contributed by atoms with Crippen LogP contribution in [0.25, 0.3) is 11.1 Å². The molecular formula is C53H71NO4. The van der Waals surface area contributed by atoms with Gasteiger partial charge in [0.15, 0.2) is 0 Å². The van der Waals surface area contributed by atoms with Crippen molar-refractivity contribution in [1.82, 2.24) is 0 Å². The summed E-state index contributed by atoms with van der Waals surface area (Å²) in [6, 6.07) is 25.0. The van der Waals surface area contributed by atoms with Crippen LogP contribution in [0.5, 0.6) is 11.5 Å². The third-order valence-electron chi connectivity index (χ3n) is 14.0. The molecule has 312 valence electrons. The standard InChI is InChI=1S/C53H71NO4/c1-4-5-6-7-8-9-12-15-18-37-56-46-30-32-47-44(38-46)27-31-49-48(47)35-36-53(3)50(49)33-34-51(53)58-52(55)20-17-14-11-10-13-16-19-40(2)57-45-28-25-43(26-29-45)42-23-21-41(39-54)22-24-42/h4,21-26,28-30,32,38,40,48-51H,1,5-20,27,31,33-37H2,2-3H3/t40?,48-,49-,50+,51+,53+/m1/s1. The van der Waals surface area contributed by atoms with E-state index < -0.39 is 0 Å². The second kappa shape index (κ2) is 22.4. The van der Waals surface area contributed by atoms with E-state index >= 15 is 0 Å². The van der Waals surface area contributed by atoms with E-state index in [0.717, 1.165) is 93.4 Å². The van der Waals surface area contributed by atoms with Crippen molar-refractivity contribution < 1.29 is 19.0 Å². The Balaban J connectivity index is 0.822. The summed E-state index contributed by atoms with van der Waals surface area (Å²) >= 11 is 0. The van der Waals surface area contributed by atoms with Gasteiger partial charge >= 0.3 is 5.97 Å². The number of nitrogens with zero attached hydrogens (tertiary/aromatic N) is 1. The van der Waals surface area contributed by atoms with Gasteiger partial charge in [-0.1, -0.05) is 101 Å². The van der Waals surface area contributed by atoms with Crippen molar-refractivity contribution in [2.75, 3.05) is 6.61 Å². The summed E-state index contributed by atoms with van der Waals surface area (Å²) in [6.45, 7) is 9.22. The molecule has 0 amide bonds. The third kappa shape index (κ3) is 12.0. The van der Waals surface area contributed by atoms with Crippen molar-refractivity contribution in [2.45, 2.75) is 173 Å². The molecule has 0 saturated heterocycles. The smallest absolute Gasteiger partial charge is 0.306 e. The average molecular weight is 786 g/mol. The van der Waals surface area contributed by atoms with Gasteiger partial charge in [-0.25, -0.2) is 0 Å². The fourth-order valence-corrected chi connectivity index (χ4v) is 10.6. The Morgan fingerprint density at radius 2 is 1.47 bits per heavy atom. The van der Waals surface area contributed by atoms with Crippen LogP contribution in [0.15, 0.2) is 79.4 Å². The summed E-state index contributed by atoms with van der Waals surface area (Å²) in [7, 11) is 0. The number of fused-ring (bicyclic) bond motifs is 5. The number of carbonyl (C=O) groups is 1. The van der Waals surface area contributed by atoms with E-state index in [4.69, 9.17) is 19.5 Å². The summed E-state index contributed by atoms with van der Waals surface area (Å²) in [5, 5.41) is 9.03. The van der Waals surface area contributed by atoms with Crippen molar-refractivity contribution in [3.05, 3.63) is 96.1 Å². The molecule has 3 aromatic rings. The monoisotopic (exact) mass is 786 g/mol. The Morgan fingerprint density at radius 1 is 0.810 bits per heavy atom. The largest absolute Gasteiger partial charge is 0.494 e. The van der Waals surface area contributed by atoms with Crippen LogP contribution in [0.3, 0.4) is 0 Å². The molecule has 0 aromatic heterocycles. The average Bonchev–Trinajstić information content (AvgIpc) is 3.57. The lowest BCUT2D eigenvalue weighted by molar-refractivity contribution is -0.157. The summed E-state index contributed by atoms with van der Waals surface area (Å²) in [4.78, 5) is 13.1. The van der Waals surface area contributed by atoms with Gasteiger partial charge < -0.3 is 14.2 Å². The highest BCUT2D eigenvalue weighted by molar-refractivity contribution is 5.69. The summed E-state index contributed by atoms with van der Waals surface area (Å²) in [6.07, 6.45) is 27.7. The number of aryl methyl sites for hydroxylation is 1. The molecule has 6 atom stereocenters. The summed E-state index contributed by atoms with van der Waals surface area (Å²) < 4.78 is 18.7. The number of benzene rings is 3. The molecular weight excluding hydrogens is 715 g/mol. The molecule has 0 heterocycles. The Kier molecular flexibility index (Phi) is 16.8. The number of esters is 1. The maximum atomic E-state index is 13.1. The highest BCUT2D eigenvalue weighted by Gasteiger charge is 2.56. The van der Waals surface area contributed by atoms with E-state index in [1.807, 2.05) is 42.5 Å². The topological polar surface area (TPSA) is 68.6 Å². The van der Waals surface area contributed by atoms with Gasteiger partial charge in [0.1, 0.15) is 17.6 Å². The summed E-state index contributed by atoms with van der Waals surface area (Å²) in [5.41, 5.74) is 6.06. The number of ether oxygens (including phenoxy) is 3. The zero-order valence-electron chi connectivity index (χ0n) is 35.9. The summed E-state index contributed by atoms with van der Waals surface area (Å²) in [5.74, 6) is 3.93. The van der Waals surface area contributed by atoms with Gasteiger partial charge in [-0.05, 0) is 160 Å². The van der Waals surface area contributed by atoms with Gasteiger partial charge in [0, 0.05) is 11.8 Å². The number of nitriles is 1. The Morgan fingerprint density at radius 3 is 2.19 bits per heavy atom. The predicted molar refractivity (Wildman–Crippen MR) is 237 cm³/mol. The van der Waals surface area contributed by atoms with Crippen molar-refractivity contribution >= 4 is 5.97 Å². The SMILES string of the molecule is C=CCCCCCCCCCOc1ccc2c(c1)CC[C@@H]1[C@@H]2CC[C@]2(C)[C@@H](OC(=O)CCCCCCCCC(C)Oc3ccc(-c4ccc(C#N)cc4)cc3)CC[C@@H]12. The van der Waals surface area contributed by atoms with Gasteiger partial charge in [0.2, 0.25) is 0 Å². The molecule has 6 rings (SSSR count). The Labute approximate surface area is 351 Å². The second-order valence-corrected chi connectivity index (χ2v) is 18.1. The van der Waals surface area contributed by atoms with Crippen LogP contribution in [-0.4, -0.2) is 24.8 Å². The van der Waals surface area contributed by atoms with Gasteiger partial charge in [-0.3, -0.25) is 4.79 Å². The van der Waals surface area contributed by atoms with E-state index in [2.05, 4.69) is 56.8 Å². The number of carbonyl (C=O) groups excluding carboxylic acids is 1. The first-order chi connectivity index (χ1) is 28.4. The molecule has 3 aliphatic rings. The highest BCUT2D eigenvalue weighted by atomic mass is 16.5. The van der Waals surface area contributed by atoms with E-state index in [0.29, 0.717) is 29.7 Å². The lowest BCUT2D eigenvalue weighted by Gasteiger charge is -2.50. The van der Waals surface area contributed by atoms with E-state index in [9.17, 15) is 4.79 Å². The quantitative estimate of drug-likeness (QED) is 0.0514. The second-order valence-electron chi connectivity index (χ2n) is 18.1. The van der Waals surface area contributed by atoms with Crippen LogP contribution in [0, 0.1) is 28.6 Å². The van der Waals surface area contributed by atoms with Crippen LogP contribution in [0.4, 0.5) is 0 Å². The normalized spacial score (nSPS) is 22.5. The molecule has 0 radical (unpaired) electrons. The van der Waals surface area contributed by atoms with E-state index in [1.54, 1.807) is 5.56 Å². The van der Waals surface area contributed by atoms with Gasteiger partial charge in [0.05, 0.1) is 24.3 Å². The van der Waals surface area contributed by atoms with Crippen LogP contribution in [0.2, 0.25) is 0 Å². The first-order valence-corrected chi connectivity index (χ1v) is 23.2. The zero-order valence-corrected chi connectivity index (χ0v) is 35.9. The van der Waals surface area contributed by atoms with Crippen LogP contribution in [0.1, 0.15) is 171 Å². The van der Waals surface area contributed by atoms with Gasteiger partial charge in [-0.15, -0.1) is 6.58 Å². The van der Waals surface area contributed by atoms with Crippen LogP contribution < -0.4 is 9.47 Å². The molecule has 0 bridgehead atoms. The van der Waals surface area contributed by atoms with Crippen molar-refractivity contribution in [3.8, 4) is 28.7 Å². The molecule has 3 aromatic carbocycles. The van der Waals surface area contributed by atoms with Crippen molar-refractivity contribution in [3.63, 3.8) is 0 Å². The Hall–Kier alpha value is -4.04. The fraction of sp³-hybridized carbons (Fsp3) is 0.585. The number of unbranched alkanes of at least 4 members (excludes halogenated alkanes) is 12. The first-order valence-electron chi connectivity index (χ1n) is 23.2. The van der Waals surface area contributed by atoms with Crippen LogP contribution in [-0.2, 0) is 16.0 Å². The van der Waals surface area contributed by atoms with Gasteiger partial charge in [-0.2, -0.15) is 5.26 Å². The number of allylic oxidation sites excluding steroid dienone is 1. The molecule has 0 aliphatic heterocycles. The maximum absolute atomic E-state index is 13.1. The van der Waals surface area contributed by atoms with Gasteiger partial charge in [0.25, 0.3) is 0 Å². The minimum atomic E-state index is 0.0191. The molecule has 3 aliphatic carbocycles. The lowest BCUT2D eigenvalue weighted by Crippen LogP contribution is -2.45. The third-order valence-corrected chi connectivity index (χ3v) is 14.0. The molecule has 5 heteroatoms. The molecule has 2 saturated carbocycles. The lowest BCUT2D eigenvalue weighted by atomic mass is 9.55. The van der Waals surface area contributed by atoms with Crippen molar-refractivity contribution in [1.29, 1.82) is 5.26 Å². The number of rotatable bonds is 24. The maximum Gasteiger partial charge on any atom is 0.306 e. The highest BCUT2D eigenvalue weighted by Crippen LogP contribution is 2.61. The molecule has 0 spiro atoms. The molecule has 2 fully saturated rings.